The first-order valence-electron chi connectivity index (χ1n) is 7.65. The third kappa shape index (κ3) is 3.96. The minimum atomic E-state index is 0.587. The van der Waals surface area contributed by atoms with Crippen molar-refractivity contribution in [1.29, 1.82) is 0 Å². The Hall–Kier alpha value is -1.58. The van der Waals surface area contributed by atoms with Gasteiger partial charge in [-0.3, -0.25) is 9.36 Å². The lowest BCUT2D eigenvalue weighted by Crippen LogP contribution is -1.94. The predicted octanol–water partition coefficient (Wildman–Crippen LogP) is 4.01. The Morgan fingerprint density at radius 2 is 1.43 bits per heavy atom. The Labute approximate surface area is 129 Å². The van der Waals surface area contributed by atoms with Crippen molar-refractivity contribution in [3.8, 4) is 0 Å². The highest BCUT2D eigenvalue weighted by Gasteiger charge is 2.11. The maximum Gasteiger partial charge on any atom is 0.0630 e. The van der Waals surface area contributed by atoms with E-state index in [0.29, 0.717) is 11.8 Å². The molecule has 0 aliphatic heterocycles. The van der Waals surface area contributed by atoms with Crippen LogP contribution in [0.4, 0.5) is 0 Å². The minimum absolute atomic E-state index is 0.587. The van der Waals surface area contributed by atoms with Gasteiger partial charge in [-0.1, -0.05) is 27.7 Å². The monoisotopic (exact) mass is 290 g/mol. The van der Waals surface area contributed by atoms with Gasteiger partial charge in [0.25, 0.3) is 0 Å². The molecule has 0 N–H and O–H groups in total. The second kappa shape index (κ2) is 6.92. The van der Waals surface area contributed by atoms with E-state index < -0.39 is 0 Å². The van der Waals surface area contributed by atoms with E-state index in [1.165, 1.54) is 28.2 Å². The van der Waals surface area contributed by atoms with E-state index in [1.54, 1.807) is 0 Å². The van der Waals surface area contributed by atoms with Crippen LogP contribution in [0.2, 0.25) is 0 Å². The van der Waals surface area contributed by atoms with Gasteiger partial charge >= 0.3 is 0 Å². The van der Waals surface area contributed by atoms with Gasteiger partial charge in [-0.15, -0.1) is 0 Å². The molecular weight excluding hydrogens is 260 g/mol. The Balaban J connectivity index is 0.000000211. The highest BCUT2D eigenvalue weighted by atomic mass is 15.3. The highest BCUT2D eigenvalue weighted by Crippen LogP contribution is 2.21. The lowest BCUT2D eigenvalue weighted by atomic mass is 10.0. The topological polar surface area (TPSA) is 35.6 Å². The van der Waals surface area contributed by atoms with Crippen LogP contribution in [-0.4, -0.2) is 19.6 Å². The van der Waals surface area contributed by atoms with E-state index >= 15 is 0 Å². The van der Waals surface area contributed by atoms with Gasteiger partial charge in [0, 0.05) is 25.5 Å². The predicted molar refractivity (Wildman–Crippen MR) is 88.8 cm³/mol. The van der Waals surface area contributed by atoms with Crippen molar-refractivity contribution in [2.24, 2.45) is 14.1 Å². The SMILES string of the molecule is Cc1c(C(C)C)cnn1C.Cc1nn(C)c(C)c1C(C)C. The van der Waals surface area contributed by atoms with Gasteiger partial charge in [-0.05, 0) is 43.7 Å². The van der Waals surface area contributed by atoms with Crippen LogP contribution in [0.1, 0.15) is 67.7 Å². The number of rotatable bonds is 2. The molecule has 0 radical (unpaired) electrons. The summed E-state index contributed by atoms with van der Waals surface area (Å²) in [6.07, 6.45) is 1.94. The standard InChI is InChI=1S/C9H16N2.C8H14N2/c1-6(2)9-7(3)10-11(5)8(9)4;1-6(2)8-5-9-10(4)7(8)3/h6H,1-5H3;5-6H,1-4H3. The molecule has 118 valence electrons. The summed E-state index contributed by atoms with van der Waals surface area (Å²) in [4.78, 5) is 0. The molecule has 0 aliphatic carbocycles. The fourth-order valence-corrected chi connectivity index (χ4v) is 2.71. The van der Waals surface area contributed by atoms with Crippen molar-refractivity contribution in [1.82, 2.24) is 19.6 Å². The average molecular weight is 290 g/mol. The lowest BCUT2D eigenvalue weighted by Gasteiger charge is -2.04. The zero-order valence-electron chi connectivity index (χ0n) is 15.0. The van der Waals surface area contributed by atoms with Crippen LogP contribution in [0.5, 0.6) is 0 Å². The van der Waals surface area contributed by atoms with Crippen LogP contribution in [0, 0.1) is 20.8 Å². The molecule has 0 fully saturated rings. The summed E-state index contributed by atoms with van der Waals surface area (Å²) in [6, 6.07) is 0. The first-order valence-corrected chi connectivity index (χ1v) is 7.65. The molecule has 4 heteroatoms. The van der Waals surface area contributed by atoms with Crippen LogP contribution < -0.4 is 0 Å². The first kappa shape index (κ1) is 17.5. The van der Waals surface area contributed by atoms with Crippen molar-refractivity contribution in [2.75, 3.05) is 0 Å². The molecule has 2 aromatic rings. The zero-order valence-corrected chi connectivity index (χ0v) is 15.0. The van der Waals surface area contributed by atoms with Crippen molar-refractivity contribution < 1.29 is 0 Å². The van der Waals surface area contributed by atoms with Crippen molar-refractivity contribution in [3.05, 3.63) is 34.4 Å². The molecule has 0 saturated carbocycles. The van der Waals surface area contributed by atoms with E-state index in [4.69, 9.17) is 0 Å². The third-order valence-electron chi connectivity index (χ3n) is 4.04. The summed E-state index contributed by atoms with van der Waals surface area (Å²) in [6.45, 7) is 15.1. The summed E-state index contributed by atoms with van der Waals surface area (Å²) in [7, 11) is 3.97. The maximum absolute atomic E-state index is 4.35. The highest BCUT2D eigenvalue weighted by molar-refractivity contribution is 5.27. The fraction of sp³-hybridized carbons (Fsp3) is 0.647. The molecule has 0 aromatic carbocycles. The van der Waals surface area contributed by atoms with Gasteiger partial charge in [-0.2, -0.15) is 10.2 Å². The Bertz CT molecular complexity index is 588. The molecule has 0 spiro atoms. The molecule has 2 rings (SSSR count). The van der Waals surface area contributed by atoms with Gasteiger partial charge in [0.05, 0.1) is 11.9 Å². The van der Waals surface area contributed by atoms with Gasteiger partial charge < -0.3 is 0 Å². The lowest BCUT2D eigenvalue weighted by molar-refractivity contribution is 0.728. The van der Waals surface area contributed by atoms with Gasteiger partial charge in [0.2, 0.25) is 0 Å². The Morgan fingerprint density at radius 3 is 1.62 bits per heavy atom. The largest absolute Gasteiger partial charge is 0.273 e. The zero-order chi connectivity index (χ0) is 16.3. The second-order valence-electron chi connectivity index (χ2n) is 6.33. The van der Waals surface area contributed by atoms with Crippen molar-refractivity contribution in [3.63, 3.8) is 0 Å². The van der Waals surface area contributed by atoms with Gasteiger partial charge in [0.1, 0.15) is 0 Å². The van der Waals surface area contributed by atoms with E-state index in [2.05, 4.69) is 58.7 Å². The number of aryl methyl sites for hydroxylation is 3. The van der Waals surface area contributed by atoms with Crippen molar-refractivity contribution >= 4 is 0 Å². The molecule has 4 nitrogen and oxygen atoms in total. The summed E-state index contributed by atoms with van der Waals surface area (Å²) >= 11 is 0. The molecule has 0 amide bonds. The summed E-state index contributed by atoms with van der Waals surface area (Å²) in [5, 5.41) is 8.50. The molecular formula is C17H30N4. The number of hydrogen-bond acceptors (Lipinski definition) is 2. The van der Waals surface area contributed by atoms with Crippen molar-refractivity contribution in [2.45, 2.75) is 60.3 Å². The van der Waals surface area contributed by atoms with E-state index in [9.17, 15) is 0 Å². The molecule has 0 bridgehead atoms. The van der Waals surface area contributed by atoms with Gasteiger partial charge in [0.15, 0.2) is 0 Å². The molecule has 0 aliphatic rings. The van der Waals surface area contributed by atoms with Crippen LogP contribution in [0.15, 0.2) is 6.20 Å². The molecule has 2 aromatic heterocycles. The Kier molecular flexibility index (Phi) is 5.76. The summed E-state index contributed by atoms with van der Waals surface area (Å²) in [5.74, 6) is 1.18. The van der Waals surface area contributed by atoms with Gasteiger partial charge in [-0.25, -0.2) is 0 Å². The van der Waals surface area contributed by atoms with Crippen LogP contribution in [0.25, 0.3) is 0 Å². The van der Waals surface area contributed by atoms with Crippen LogP contribution >= 0.6 is 0 Å². The summed E-state index contributed by atoms with van der Waals surface area (Å²) < 4.78 is 3.86. The van der Waals surface area contributed by atoms with E-state index in [1.807, 2.05) is 29.7 Å². The Morgan fingerprint density at radius 1 is 0.857 bits per heavy atom. The van der Waals surface area contributed by atoms with E-state index in [0.717, 1.165) is 0 Å². The third-order valence-corrected chi connectivity index (χ3v) is 4.04. The molecule has 21 heavy (non-hydrogen) atoms. The quantitative estimate of drug-likeness (QED) is 0.837. The van der Waals surface area contributed by atoms with E-state index in [-0.39, 0.29) is 0 Å². The smallest absolute Gasteiger partial charge is 0.0630 e. The molecule has 2 heterocycles. The molecule has 0 atom stereocenters. The number of hydrogen-bond donors (Lipinski definition) is 0. The molecule has 0 saturated heterocycles. The minimum Gasteiger partial charge on any atom is -0.273 e. The average Bonchev–Trinajstić information content (AvgIpc) is 2.82. The van der Waals surface area contributed by atoms with Crippen LogP contribution in [-0.2, 0) is 14.1 Å². The summed E-state index contributed by atoms with van der Waals surface area (Å²) in [5.41, 5.74) is 6.47. The second-order valence-corrected chi connectivity index (χ2v) is 6.33. The number of nitrogens with zero attached hydrogens (tertiary/aromatic N) is 4. The first-order chi connectivity index (χ1) is 9.66. The fourth-order valence-electron chi connectivity index (χ4n) is 2.71. The molecule has 0 unspecified atom stereocenters. The maximum atomic E-state index is 4.35. The number of aromatic nitrogens is 4. The normalized spacial score (nSPS) is 11.0. The van der Waals surface area contributed by atoms with Crippen LogP contribution in [0.3, 0.4) is 0 Å².